The zero-order chi connectivity index (χ0) is 20.5. The van der Waals surface area contributed by atoms with Crippen LogP contribution in [0.2, 0.25) is 0 Å². The molecule has 29 heavy (non-hydrogen) atoms. The van der Waals surface area contributed by atoms with Crippen LogP contribution in [0.25, 0.3) is 0 Å². The fourth-order valence-corrected chi connectivity index (χ4v) is 3.52. The Balaban J connectivity index is 1.79. The first-order valence-corrected chi connectivity index (χ1v) is 9.26. The molecule has 3 aromatic rings. The number of furan rings is 1. The Hall–Kier alpha value is -3.67. The lowest BCUT2D eigenvalue weighted by Gasteiger charge is -2.26. The van der Waals surface area contributed by atoms with Gasteiger partial charge >= 0.3 is 0 Å². The van der Waals surface area contributed by atoms with Crippen molar-refractivity contribution in [3.05, 3.63) is 100 Å². The molecule has 1 aliphatic rings. The zero-order valence-corrected chi connectivity index (χ0v) is 16.1. The molecule has 146 valence electrons. The predicted octanol–water partition coefficient (Wildman–Crippen LogP) is 4.07. The predicted molar refractivity (Wildman–Crippen MR) is 106 cm³/mol. The normalized spacial score (nSPS) is 16.6. The summed E-state index contributed by atoms with van der Waals surface area (Å²) in [6, 6.07) is 13.7. The average Bonchev–Trinajstić information content (AvgIpc) is 3.26. The molecule has 1 amide bonds. The molecule has 0 aliphatic carbocycles. The number of nitrogens with zero attached hydrogens (tertiary/aromatic N) is 2. The topological polar surface area (TPSA) is 83.6 Å². The Morgan fingerprint density at radius 1 is 1.14 bits per heavy atom. The fraction of sp³-hybridized carbons (Fsp3) is 0.174. The minimum absolute atomic E-state index is 0.0251. The second-order valence-electron chi connectivity index (χ2n) is 7.11. The Kier molecular flexibility index (Phi) is 4.76. The van der Waals surface area contributed by atoms with Gasteiger partial charge in [-0.15, -0.1) is 0 Å². The lowest BCUT2D eigenvalue weighted by atomic mass is 9.94. The van der Waals surface area contributed by atoms with Crippen molar-refractivity contribution in [1.82, 2.24) is 9.88 Å². The minimum atomic E-state index is -0.721. The monoisotopic (exact) mass is 388 g/mol. The van der Waals surface area contributed by atoms with Gasteiger partial charge in [0.15, 0.2) is 11.5 Å². The first-order chi connectivity index (χ1) is 14.0. The molecular formula is C23H20N2O4. The van der Waals surface area contributed by atoms with Crippen molar-refractivity contribution >= 4 is 11.7 Å². The van der Waals surface area contributed by atoms with Crippen LogP contribution in [0.5, 0.6) is 0 Å². The van der Waals surface area contributed by atoms with Crippen LogP contribution in [-0.2, 0) is 11.3 Å². The number of benzene rings is 1. The van der Waals surface area contributed by atoms with Crippen molar-refractivity contribution in [2.45, 2.75) is 26.4 Å². The van der Waals surface area contributed by atoms with E-state index in [0.717, 1.165) is 16.7 Å². The van der Waals surface area contributed by atoms with Gasteiger partial charge in [0.2, 0.25) is 5.78 Å². The second-order valence-corrected chi connectivity index (χ2v) is 7.11. The highest BCUT2D eigenvalue weighted by Crippen LogP contribution is 2.40. The van der Waals surface area contributed by atoms with Gasteiger partial charge in [-0.05, 0) is 43.2 Å². The second kappa shape index (κ2) is 7.39. The molecule has 4 rings (SSSR count). The van der Waals surface area contributed by atoms with Crippen LogP contribution in [0.4, 0.5) is 0 Å². The van der Waals surface area contributed by atoms with Crippen molar-refractivity contribution in [2.75, 3.05) is 0 Å². The SMILES string of the molecule is Cc1ccc(C2C(C(=O)c3ccc(C)o3)=C(O)C(=O)N2Cc2cccnc2)cc1. The number of aryl methyl sites for hydroxylation is 2. The van der Waals surface area contributed by atoms with Crippen LogP contribution in [0.15, 0.2) is 76.7 Å². The van der Waals surface area contributed by atoms with Gasteiger partial charge in [0.05, 0.1) is 11.6 Å². The highest BCUT2D eigenvalue weighted by atomic mass is 16.3. The molecule has 1 aromatic carbocycles. The molecule has 0 saturated carbocycles. The summed E-state index contributed by atoms with van der Waals surface area (Å²) < 4.78 is 5.46. The van der Waals surface area contributed by atoms with E-state index < -0.39 is 23.5 Å². The van der Waals surface area contributed by atoms with E-state index in [2.05, 4.69) is 4.98 Å². The number of carbonyl (C=O) groups is 2. The van der Waals surface area contributed by atoms with E-state index in [4.69, 9.17) is 4.42 Å². The lowest BCUT2D eigenvalue weighted by Crippen LogP contribution is -2.30. The summed E-state index contributed by atoms with van der Waals surface area (Å²) in [7, 11) is 0. The number of Topliss-reactive ketones (excluding diaryl/α,β-unsaturated/α-hetero) is 1. The van der Waals surface area contributed by atoms with Crippen LogP contribution >= 0.6 is 0 Å². The molecule has 1 unspecified atom stereocenters. The molecule has 0 radical (unpaired) electrons. The summed E-state index contributed by atoms with van der Waals surface area (Å²) in [4.78, 5) is 31.7. The number of aliphatic hydroxyl groups is 1. The van der Waals surface area contributed by atoms with Crippen LogP contribution in [-0.4, -0.2) is 26.7 Å². The Labute approximate surface area is 168 Å². The van der Waals surface area contributed by atoms with Crippen molar-refractivity contribution < 1.29 is 19.1 Å². The molecule has 0 bridgehead atoms. The van der Waals surface area contributed by atoms with Gasteiger partial charge in [0, 0.05) is 18.9 Å². The number of hydrogen-bond donors (Lipinski definition) is 1. The van der Waals surface area contributed by atoms with Crippen LogP contribution < -0.4 is 0 Å². The molecule has 1 atom stereocenters. The van der Waals surface area contributed by atoms with Gasteiger partial charge < -0.3 is 14.4 Å². The van der Waals surface area contributed by atoms with E-state index in [1.807, 2.05) is 37.3 Å². The van der Waals surface area contributed by atoms with E-state index >= 15 is 0 Å². The van der Waals surface area contributed by atoms with Gasteiger partial charge in [-0.1, -0.05) is 35.9 Å². The quantitative estimate of drug-likeness (QED) is 0.666. The van der Waals surface area contributed by atoms with E-state index in [0.29, 0.717) is 5.76 Å². The van der Waals surface area contributed by atoms with Crippen molar-refractivity contribution in [1.29, 1.82) is 0 Å². The average molecular weight is 388 g/mol. The third-order valence-electron chi connectivity index (χ3n) is 4.98. The number of aromatic nitrogens is 1. The van der Waals surface area contributed by atoms with E-state index in [1.165, 1.54) is 4.90 Å². The maximum Gasteiger partial charge on any atom is 0.290 e. The Bertz CT molecular complexity index is 1100. The van der Waals surface area contributed by atoms with Crippen molar-refractivity contribution in [3.63, 3.8) is 0 Å². The maximum absolute atomic E-state index is 13.2. The fourth-order valence-electron chi connectivity index (χ4n) is 3.52. The van der Waals surface area contributed by atoms with Crippen LogP contribution in [0.1, 0.15) is 39.0 Å². The molecule has 0 saturated heterocycles. The third kappa shape index (κ3) is 3.45. The molecule has 6 nitrogen and oxygen atoms in total. The highest BCUT2D eigenvalue weighted by Gasteiger charge is 2.44. The first kappa shape index (κ1) is 18.7. The number of ketones is 1. The van der Waals surface area contributed by atoms with Crippen LogP contribution in [0, 0.1) is 13.8 Å². The summed E-state index contributed by atoms with van der Waals surface area (Å²) in [5.41, 5.74) is 2.62. The Morgan fingerprint density at radius 3 is 2.52 bits per heavy atom. The first-order valence-electron chi connectivity index (χ1n) is 9.26. The molecule has 1 aliphatic heterocycles. The standard InChI is InChI=1S/C23H20N2O4/c1-14-5-8-17(9-6-14)20-19(21(26)18-10-7-15(2)29-18)22(27)23(28)25(20)13-16-4-3-11-24-12-16/h3-12,20,27H,13H2,1-2H3. The molecular weight excluding hydrogens is 368 g/mol. The summed E-state index contributed by atoms with van der Waals surface area (Å²) in [5.74, 6) is -0.957. The van der Waals surface area contributed by atoms with Gasteiger partial charge in [-0.3, -0.25) is 14.6 Å². The van der Waals surface area contributed by atoms with E-state index in [1.54, 1.807) is 37.5 Å². The molecule has 3 heterocycles. The summed E-state index contributed by atoms with van der Waals surface area (Å²) in [6.45, 7) is 3.90. The molecule has 6 heteroatoms. The molecule has 0 fully saturated rings. The smallest absolute Gasteiger partial charge is 0.290 e. The van der Waals surface area contributed by atoms with Crippen molar-refractivity contribution in [3.8, 4) is 0 Å². The summed E-state index contributed by atoms with van der Waals surface area (Å²) >= 11 is 0. The third-order valence-corrected chi connectivity index (χ3v) is 4.98. The number of amides is 1. The van der Waals surface area contributed by atoms with Gasteiger partial charge in [0.1, 0.15) is 5.76 Å². The summed E-state index contributed by atoms with van der Waals surface area (Å²) in [5, 5.41) is 10.6. The largest absolute Gasteiger partial charge is 0.503 e. The number of aliphatic hydroxyl groups excluding tert-OH is 1. The zero-order valence-electron chi connectivity index (χ0n) is 16.1. The number of carbonyl (C=O) groups excluding carboxylic acids is 2. The van der Waals surface area contributed by atoms with E-state index in [-0.39, 0.29) is 17.9 Å². The number of rotatable bonds is 5. The van der Waals surface area contributed by atoms with E-state index in [9.17, 15) is 14.7 Å². The lowest BCUT2D eigenvalue weighted by molar-refractivity contribution is -0.130. The molecule has 1 N–H and O–H groups in total. The summed E-state index contributed by atoms with van der Waals surface area (Å²) in [6.07, 6.45) is 3.31. The van der Waals surface area contributed by atoms with Crippen LogP contribution in [0.3, 0.4) is 0 Å². The molecule has 2 aromatic heterocycles. The maximum atomic E-state index is 13.2. The van der Waals surface area contributed by atoms with Gasteiger partial charge in [0.25, 0.3) is 5.91 Å². The molecule has 0 spiro atoms. The highest BCUT2D eigenvalue weighted by molar-refractivity contribution is 6.15. The van der Waals surface area contributed by atoms with Crippen molar-refractivity contribution in [2.24, 2.45) is 0 Å². The van der Waals surface area contributed by atoms with Gasteiger partial charge in [-0.25, -0.2) is 0 Å². The van der Waals surface area contributed by atoms with Gasteiger partial charge in [-0.2, -0.15) is 0 Å². The minimum Gasteiger partial charge on any atom is -0.503 e. The number of pyridine rings is 1. The Morgan fingerprint density at radius 2 is 1.90 bits per heavy atom. The number of hydrogen-bond acceptors (Lipinski definition) is 5.